The Hall–Kier alpha value is -2.04. The molecule has 2 aliphatic rings. The SMILES string of the molecule is COc1cc2c(cc1OC)C(=O)[C@@H]1COC(=O)[C@H]1C2. The van der Waals surface area contributed by atoms with Gasteiger partial charge in [-0.3, -0.25) is 9.59 Å². The summed E-state index contributed by atoms with van der Waals surface area (Å²) in [6, 6.07) is 3.46. The lowest BCUT2D eigenvalue weighted by Gasteiger charge is -2.24. The van der Waals surface area contributed by atoms with E-state index in [1.807, 2.05) is 0 Å². The highest BCUT2D eigenvalue weighted by atomic mass is 16.5. The molecule has 1 saturated heterocycles. The van der Waals surface area contributed by atoms with Crippen LogP contribution in [0.3, 0.4) is 0 Å². The fraction of sp³-hybridized carbons (Fsp3) is 0.429. The summed E-state index contributed by atoms with van der Waals surface area (Å²) in [7, 11) is 3.07. The monoisotopic (exact) mass is 262 g/mol. The summed E-state index contributed by atoms with van der Waals surface area (Å²) in [4.78, 5) is 24.0. The highest BCUT2D eigenvalue weighted by Gasteiger charge is 2.45. The van der Waals surface area contributed by atoms with Crippen LogP contribution in [-0.4, -0.2) is 32.6 Å². The Morgan fingerprint density at radius 3 is 2.47 bits per heavy atom. The number of carbonyl (C=O) groups excluding carboxylic acids is 2. The van der Waals surface area contributed by atoms with Gasteiger partial charge in [0.2, 0.25) is 0 Å². The lowest BCUT2D eigenvalue weighted by atomic mass is 9.76. The van der Waals surface area contributed by atoms with Crippen molar-refractivity contribution in [1.82, 2.24) is 0 Å². The van der Waals surface area contributed by atoms with Gasteiger partial charge in [0.1, 0.15) is 6.61 Å². The molecule has 19 heavy (non-hydrogen) atoms. The van der Waals surface area contributed by atoms with E-state index in [0.717, 1.165) is 5.56 Å². The third-order valence-corrected chi connectivity index (χ3v) is 3.85. The van der Waals surface area contributed by atoms with Gasteiger partial charge in [0.15, 0.2) is 17.3 Å². The lowest BCUT2D eigenvalue weighted by Crippen LogP contribution is -2.31. The second kappa shape index (κ2) is 4.26. The minimum Gasteiger partial charge on any atom is -0.493 e. The zero-order chi connectivity index (χ0) is 13.6. The topological polar surface area (TPSA) is 61.8 Å². The predicted molar refractivity (Wildman–Crippen MR) is 65.5 cm³/mol. The first kappa shape index (κ1) is 12.0. The highest BCUT2D eigenvalue weighted by Crippen LogP contribution is 2.40. The van der Waals surface area contributed by atoms with Gasteiger partial charge in [-0.2, -0.15) is 0 Å². The third-order valence-electron chi connectivity index (χ3n) is 3.85. The molecule has 0 N–H and O–H groups in total. The Morgan fingerprint density at radius 2 is 1.79 bits per heavy atom. The number of esters is 1. The summed E-state index contributed by atoms with van der Waals surface area (Å²) in [5, 5.41) is 0. The van der Waals surface area contributed by atoms with Gasteiger partial charge in [-0.15, -0.1) is 0 Å². The zero-order valence-electron chi connectivity index (χ0n) is 10.8. The molecule has 1 fully saturated rings. The molecule has 1 aromatic carbocycles. The minimum absolute atomic E-state index is 0.0435. The molecule has 0 amide bonds. The number of Topliss-reactive ketones (excluding diaryl/α,β-unsaturated/α-hetero) is 1. The molecule has 1 aliphatic heterocycles. The largest absolute Gasteiger partial charge is 0.493 e. The van der Waals surface area contributed by atoms with Crippen LogP contribution in [0.1, 0.15) is 15.9 Å². The van der Waals surface area contributed by atoms with Gasteiger partial charge in [0.25, 0.3) is 0 Å². The molecule has 0 unspecified atom stereocenters. The van der Waals surface area contributed by atoms with Crippen molar-refractivity contribution >= 4 is 11.8 Å². The molecule has 1 aliphatic carbocycles. The van der Waals surface area contributed by atoms with Gasteiger partial charge < -0.3 is 14.2 Å². The number of rotatable bonds is 2. The number of ether oxygens (including phenoxy) is 3. The van der Waals surface area contributed by atoms with Gasteiger partial charge >= 0.3 is 5.97 Å². The minimum atomic E-state index is -0.349. The van der Waals surface area contributed by atoms with E-state index in [9.17, 15) is 9.59 Å². The highest BCUT2D eigenvalue weighted by molar-refractivity contribution is 6.04. The van der Waals surface area contributed by atoms with Crippen LogP contribution in [0.15, 0.2) is 12.1 Å². The zero-order valence-corrected chi connectivity index (χ0v) is 10.8. The second-order valence-electron chi connectivity index (χ2n) is 4.78. The van der Waals surface area contributed by atoms with Crippen molar-refractivity contribution in [3.8, 4) is 11.5 Å². The number of benzene rings is 1. The van der Waals surface area contributed by atoms with E-state index in [2.05, 4.69) is 0 Å². The van der Waals surface area contributed by atoms with E-state index >= 15 is 0 Å². The quantitative estimate of drug-likeness (QED) is 0.750. The number of fused-ring (bicyclic) bond motifs is 2. The van der Waals surface area contributed by atoms with E-state index in [0.29, 0.717) is 23.5 Å². The van der Waals surface area contributed by atoms with E-state index in [-0.39, 0.29) is 30.2 Å². The summed E-state index contributed by atoms with van der Waals surface area (Å²) in [5.41, 5.74) is 1.43. The maximum Gasteiger partial charge on any atom is 0.310 e. The van der Waals surface area contributed by atoms with Crippen LogP contribution < -0.4 is 9.47 Å². The van der Waals surface area contributed by atoms with Crippen molar-refractivity contribution in [3.05, 3.63) is 23.3 Å². The van der Waals surface area contributed by atoms with Crippen LogP contribution >= 0.6 is 0 Å². The van der Waals surface area contributed by atoms with Crippen molar-refractivity contribution in [1.29, 1.82) is 0 Å². The number of ketones is 1. The lowest BCUT2D eigenvalue weighted by molar-refractivity contribution is -0.141. The molecular weight excluding hydrogens is 248 g/mol. The molecule has 2 atom stereocenters. The first-order valence-corrected chi connectivity index (χ1v) is 6.11. The Labute approximate surface area is 110 Å². The number of methoxy groups -OCH3 is 2. The molecule has 0 saturated carbocycles. The fourth-order valence-corrected chi connectivity index (χ4v) is 2.80. The van der Waals surface area contributed by atoms with Gasteiger partial charge in [0, 0.05) is 5.56 Å². The molecular formula is C14H14O5. The number of cyclic esters (lactones) is 1. The second-order valence-corrected chi connectivity index (χ2v) is 4.78. The van der Waals surface area contributed by atoms with Crippen LogP contribution in [0.4, 0.5) is 0 Å². The van der Waals surface area contributed by atoms with Crippen LogP contribution in [-0.2, 0) is 16.0 Å². The smallest absolute Gasteiger partial charge is 0.310 e. The van der Waals surface area contributed by atoms with E-state index in [1.165, 1.54) is 7.11 Å². The number of carbonyl (C=O) groups is 2. The molecule has 0 radical (unpaired) electrons. The van der Waals surface area contributed by atoms with Gasteiger partial charge in [-0.25, -0.2) is 0 Å². The van der Waals surface area contributed by atoms with E-state index in [1.54, 1.807) is 19.2 Å². The number of hydrogen-bond donors (Lipinski definition) is 0. The van der Waals surface area contributed by atoms with Crippen molar-refractivity contribution in [2.75, 3.05) is 20.8 Å². The molecule has 0 aromatic heterocycles. The summed E-state index contributed by atoms with van der Waals surface area (Å²) in [6.07, 6.45) is 0.519. The van der Waals surface area contributed by atoms with Gasteiger partial charge in [0.05, 0.1) is 26.1 Å². The average Bonchev–Trinajstić information content (AvgIpc) is 2.79. The molecule has 0 spiro atoms. The Kier molecular flexibility index (Phi) is 2.69. The maximum atomic E-state index is 12.4. The summed E-state index contributed by atoms with van der Waals surface area (Å²) in [6.45, 7) is 0.191. The molecule has 100 valence electrons. The first-order chi connectivity index (χ1) is 9.15. The van der Waals surface area contributed by atoms with Gasteiger partial charge in [-0.1, -0.05) is 0 Å². The Balaban J connectivity index is 2.09. The van der Waals surface area contributed by atoms with Crippen molar-refractivity contribution < 1.29 is 23.8 Å². The van der Waals surface area contributed by atoms with E-state index in [4.69, 9.17) is 14.2 Å². The predicted octanol–water partition coefficient (Wildman–Crippen LogP) is 1.23. The van der Waals surface area contributed by atoms with Crippen LogP contribution in [0.2, 0.25) is 0 Å². The van der Waals surface area contributed by atoms with Crippen LogP contribution in [0, 0.1) is 11.8 Å². The molecule has 5 heteroatoms. The summed E-state index contributed by atoms with van der Waals surface area (Å²) >= 11 is 0. The average molecular weight is 262 g/mol. The number of hydrogen-bond acceptors (Lipinski definition) is 5. The normalized spacial score (nSPS) is 24.5. The molecule has 5 nitrogen and oxygen atoms in total. The van der Waals surface area contributed by atoms with Crippen molar-refractivity contribution in [2.24, 2.45) is 11.8 Å². The van der Waals surface area contributed by atoms with Crippen molar-refractivity contribution in [2.45, 2.75) is 6.42 Å². The summed E-state index contributed by atoms with van der Waals surface area (Å²) in [5.74, 6) is 0.0743. The molecule has 3 rings (SSSR count). The molecule has 0 bridgehead atoms. The fourth-order valence-electron chi connectivity index (χ4n) is 2.80. The van der Waals surface area contributed by atoms with Crippen LogP contribution in [0.25, 0.3) is 0 Å². The summed E-state index contributed by atoms with van der Waals surface area (Å²) < 4.78 is 15.4. The Bertz CT molecular complexity index is 563. The van der Waals surface area contributed by atoms with Crippen molar-refractivity contribution in [3.63, 3.8) is 0 Å². The standard InChI is InChI=1S/C14H14O5/c1-17-11-4-7-3-9-10(6-19-14(9)16)13(15)8(7)5-12(11)18-2/h4-5,9-10H,3,6H2,1-2H3/t9-,10+/m0/s1. The third kappa shape index (κ3) is 1.69. The first-order valence-electron chi connectivity index (χ1n) is 6.11. The van der Waals surface area contributed by atoms with Gasteiger partial charge in [-0.05, 0) is 24.1 Å². The molecule has 1 heterocycles. The molecule has 1 aromatic rings. The van der Waals surface area contributed by atoms with E-state index < -0.39 is 0 Å². The van der Waals surface area contributed by atoms with Crippen LogP contribution in [0.5, 0.6) is 11.5 Å². The Morgan fingerprint density at radius 1 is 1.11 bits per heavy atom. The maximum absolute atomic E-state index is 12.4.